The first-order valence-electron chi connectivity index (χ1n) is 5.01. The van der Waals surface area contributed by atoms with Crippen LogP contribution in [0.15, 0.2) is 24.3 Å². The molecule has 0 aromatic heterocycles. The second-order valence-corrected chi connectivity index (χ2v) is 4.77. The molecular formula is C12H16BrClO. The summed E-state index contributed by atoms with van der Waals surface area (Å²) in [5.74, 6) is 0.457. The Bertz CT molecular complexity index is 303. The Balaban J connectivity index is 2.73. The van der Waals surface area contributed by atoms with Gasteiger partial charge in [0, 0.05) is 17.5 Å². The molecule has 0 amide bonds. The molecule has 3 heteroatoms. The highest BCUT2D eigenvalue weighted by Crippen LogP contribution is 2.26. The first kappa shape index (κ1) is 13.0. The van der Waals surface area contributed by atoms with Gasteiger partial charge in [-0.2, -0.15) is 0 Å². The normalized spacial score (nSPS) is 14.9. The van der Waals surface area contributed by atoms with E-state index in [1.165, 1.54) is 5.56 Å². The molecule has 0 saturated heterocycles. The summed E-state index contributed by atoms with van der Waals surface area (Å²) in [6.07, 6.45) is 1.27. The van der Waals surface area contributed by atoms with Crippen molar-refractivity contribution in [3.05, 3.63) is 34.9 Å². The lowest BCUT2D eigenvalue weighted by atomic mass is 9.95. The van der Waals surface area contributed by atoms with Crippen molar-refractivity contribution in [3.63, 3.8) is 0 Å². The van der Waals surface area contributed by atoms with Gasteiger partial charge < -0.3 is 4.74 Å². The van der Waals surface area contributed by atoms with Crippen LogP contribution in [0.2, 0.25) is 5.02 Å². The number of hydrogen-bond acceptors (Lipinski definition) is 1. The van der Waals surface area contributed by atoms with Gasteiger partial charge in [0.2, 0.25) is 0 Å². The van der Waals surface area contributed by atoms with Gasteiger partial charge in [0.25, 0.3) is 0 Å². The van der Waals surface area contributed by atoms with Crippen LogP contribution in [-0.2, 0) is 4.74 Å². The average molecular weight is 292 g/mol. The Hall–Kier alpha value is -0.0500. The lowest BCUT2D eigenvalue weighted by molar-refractivity contribution is 0.106. The van der Waals surface area contributed by atoms with Gasteiger partial charge in [-0.25, -0.2) is 0 Å². The Morgan fingerprint density at radius 2 is 2.20 bits per heavy atom. The van der Waals surface area contributed by atoms with Crippen molar-refractivity contribution in [3.8, 4) is 0 Å². The fraction of sp³-hybridized carbons (Fsp3) is 0.500. The van der Waals surface area contributed by atoms with Crippen LogP contribution in [0.3, 0.4) is 0 Å². The number of rotatable bonds is 5. The van der Waals surface area contributed by atoms with Crippen molar-refractivity contribution in [2.24, 2.45) is 0 Å². The van der Waals surface area contributed by atoms with Gasteiger partial charge in [0.15, 0.2) is 0 Å². The summed E-state index contributed by atoms with van der Waals surface area (Å²) in [6.45, 7) is 2.08. The van der Waals surface area contributed by atoms with Gasteiger partial charge >= 0.3 is 0 Å². The van der Waals surface area contributed by atoms with Gasteiger partial charge in [0.05, 0.1) is 6.10 Å². The summed E-state index contributed by atoms with van der Waals surface area (Å²) in [5, 5.41) is 1.73. The first-order chi connectivity index (χ1) is 7.17. The zero-order valence-electron chi connectivity index (χ0n) is 9.04. The predicted octanol–water partition coefficient (Wildman–Crippen LogP) is 4.24. The number of halogens is 2. The SMILES string of the molecule is COC(C)CC(CBr)c1cccc(Cl)c1. The van der Waals surface area contributed by atoms with Crippen molar-refractivity contribution < 1.29 is 4.74 Å². The molecule has 0 N–H and O–H groups in total. The largest absolute Gasteiger partial charge is 0.382 e. The summed E-state index contributed by atoms with van der Waals surface area (Å²) in [6, 6.07) is 8.02. The van der Waals surface area contributed by atoms with Crippen molar-refractivity contribution in [2.75, 3.05) is 12.4 Å². The van der Waals surface area contributed by atoms with Crippen molar-refractivity contribution in [1.82, 2.24) is 0 Å². The fourth-order valence-electron chi connectivity index (χ4n) is 1.55. The Kier molecular flexibility index (Phi) is 5.65. The van der Waals surface area contributed by atoms with E-state index < -0.39 is 0 Å². The highest BCUT2D eigenvalue weighted by atomic mass is 79.9. The molecule has 84 valence electrons. The number of alkyl halides is 1. The summed E-state index contributed by atoms with van der Waals surface area (Å²) < 4.78 is 5.28. The molecule has 1 aromatic rings. The number of ether oxygens (including phenoxy) is 1. The molecule has 0 spiro atoms. The van der Waals surface area contributed by atoms with Gasteiger partial charge in [-0.1, -0.05) is 39.7 Å². The van der Waals surface area contributed by atoms with E-state index in [1.54, 1.807) is 7.11 Å². The molecule has 0 fully saturated rings. The molecule has 0 aliphatic rings. The summed E-state index contributed by atoms with van der Waals surface area (Å²) >= 11 is 9.51. The first-order valence-corrected chi connectivity index (χ1v) is 6.51. The second kappa shape index (κ2) is 6.51. The van der Waals surface area contributed by atoms with Crippen molar-refractivity contribution >= 4 is 27.5 Å². The zero-order chi connectivity index (χ0) is 11.3. The van der Waals surface area contributed by atoms with Crippen LogP contribution in [0, 0.1) is 0 Å². The molecule has 0 radical (unpaired) electrons. The third-order valence-electron chi connectivity index (χ3n) is 2.53. The maximum absolute atomic E-state index is 5.97. The van der Waals surface area contributed by atoms with Gasteiger partial charge in [0.1, 0.15) is 0 Å². The molecule has 15 heavy (non-hydrogen) atoms. The maximum atomic E-state index is 5.97. The maximum Gasteiger partial charge on any atom is 0.0549 e. The number of hydrogen-bond donors (Lipinski definition) is 0. The molecule has 1 nitrogen and oxygen atoms in total. The minimum absolute atomic E-state index is 0.270. The van der Waals surface area contributed by atoms with E-state index >= 15 is 0 Å². The third kappa shape index (κ3) is 4.13. The van der Waals surface area contributed by atoms with E-state index in [0.717, 1.165) is 16.8 Å². The Morgan fingerprint density at radius 3 is 2.73 bits per heavy atom. The molecule has 2 atom stereocenters. The van der Waals surface area contributed by atoms with Gasteiger partial charge in [-0.15, -0.1) is 0 Å². The molecule has 0 heterocycles. The third-order valence-corrected chi connectivity index (χ3v) is 3.54. The second-order valence-electron chi connectivity index (χ2n) is 3.69. The topological polar surface area (TPSA) is 9.23 Å². The van der Waals surface area contributed by atoms with E-state index in [1.807, 2.05) is 18.2 Å². The standard InChI is InChI=1S/C12H16BrClO/c1-9(15-2)6-11(8-13)10-4-3-5-12(14)7-10/h3-5,7,9,11H,6,8H2,1-2H3. The van der Waals surface area contributed by atoms with E-state index in [4.69, 9.17) is 16.3 Å². The van der Waals surface area contributed by atoms with Crippen LogP contribution in [-0.4, -0.2) is 18.5 Å². The molecule has 0 aliphatic heterocycles. The predicted molar refractivity (Wildman–Crippen MR) is 69.1 cm³/mol. The highest BCUT2D eigenvalue weighted by Gasteiger charge is 2.14. The van der Waals surface area contributed by atoms with Gasteiger partial charge in [-0.05, 0) is 37.0 Å². The van der Waals surface area contributed by atoms with Crippen LogP contribution in [0.1, 0.15) is 24.8 Å². The van der Waals surface area contributed by atoms with Crippen molar-refractivity contribution in [1.29, 1.82) is 0 Å². The van der Waals surface area contributed by atoms with Crippen LogP contribution in [0.25, 0.3) is 0 Å². The minimum Gasteiger partial charge on any atom is -0.382 e. The van der Waals surface area contributed by atoms with Crippen LogP contribution in [0.5, 0.6) is 0 Å². The van der Waals surface area contributed by atoms with E-state index in [9.17, 15) is 0 Å². The molecular weight excluding hydrogens is 275 g/mol. The molecule has 0 bridgehead atoms. The smallest absolute Gasteiger partial charge is 0.0549 e. The molecule has 1 aromatic carbocycles. The monoisotopic (exact) mass is 290 g/mol. The summed E-state index contributed by atoms with van der Waals surface area (Å²) in [5.41, 5.74) is 1.27. The lowest BCUT2D eigenvalue weighted by Gasteiger charge is -2.18. The Morgan fingerprint density at radius 1 is 1.47 bits per heavy atom. The molecule has 2 unspecified atom stereocenters. The van der Waals surface area contributed by atoms with Gasteiger partial charge in [-0.3, -0.25) is 0 Å². The summed E-state index contributed by atoms with van der Waals surface area (Å²) in [7, 11) is 1.74. The lowest BCUT2D eigenvalue weighted by Crippen LogP contribution is -2.12. The number of methoxy groups -OCH3 is 1. The van der Waals surface area contributed by atoms with Crippen LogP contribution >= 0.6 is 27.5 Å². The number of benzene rings is 1. The highest BCUT2D eigenvalue weighted by molar-refractivity contribution is 9.09. The summed E-state index contributed by atoms with van der Waals surface area (Å²) in [4.78, 5) is 0. The molecule has 1 rings (SSSR count). The molecule has 0 saturated carbocycles. The van der Waals surface area contributed by atoms with E-state index in [-0.39, 0.29) is 6.10 Å². The average Bonchev–Trinajstić information content (AvgIpc) is 2.25. The quantitative estimate of drug-likeness (QED) is 0.737. The molecule has 0 aliphatic carbocycles. The van der Waals surface area contributed by atoms with E-state index in [2.05, 4.69) is 28.9 Å². The Labute approximate surface area is 105 Å². The minimum atomic E-state index is 0.270. The fourth-order valence-corrected chi connectivity index (χ4v) is 2.38. The van der Waals surface area contributed by atoms with Crippen LogP contribution in [0.4, 0.5) is 0 Å². The van der Waals surface area contributed by atoms with Crippen LogP contribution < -0.4 is 0 Å². The van der Waals surface area contributed by atoms with E-state index in [0.29, 0.717) is 5.92 Å². The van der Waals surface area contributed by atoms with Crippen molar-refractivity contribution in [2.45, 2.75) is 25.4 Å². The zero-order valence-corrected chi connectivity index (χ0v) is 11.4.